The second kappa shape index (κ2) is 6.94. The summed E-state index contributed by atoms with van der Waals surface area (Å²) in [6.07, 6.45) is 4.63. The molecule has 1 aliphatic heterocycles. The lowest BCUT2D eigenvalue weighted by Crippen LogP contribution is -2.39. The Morgan fingerprint density at radius 2 is 2.18 bits per heavy atom. The molecule has 0 aliphatic carbocycles. The lowest BCUT2D eigenvalue weighted by atomic mass is 9.89. The highest BCUT2D eigenvalue weighted by molar-refractivity contribution is 5.85. The summed E-state index contributed by atoms with van der Waals surface area (Å²) in [5, 5.41) is 10.6. The Morgan fingerprint density at radius 3 is 2.86 bits per heavy atom. The van der Waals surface area contributed by atoms with Gasteiger partial charge in [-0.25, -0.2) is 4.68 Å². The summed E-state index contributed by atoms with van der Waals surface area (Å²) in [5.74, 6) is 0.111. The van der Waals surface area contributed by atoms with Crippen molar-refractivity contribution < 1.29 is 4.79 Å². The van der Waals surface area contributed by atoms with Crippen LogP contribution in [0.25, 0.3) is 5.69 Å². The Bertz CT molecular complexity index is 620. The van der Waals surface area contributed by atoms with Gasteiger partial charge in [-0.1, -0.05) is 18.2 Å². The number of carbonyl (C=O) groups excluding carboxylic acids is 1. The molecule has 1 atom stereocenters. The van der Waals surface area contributed by atoms with Crippen LogP contribution in [0, 0.1) is 5.41 Å². The van der Waals surface area contributed by atoms with Gasteiger partial charge in [0.05, 0.1) is 17.3 Å². The molecule has 1 unspecified atom stereocenters. The minimum atomic E-state index is -0.282. The molecule has 1 fully saturated rings. The minimum Gasteiger partial charge on any atom is -0.351 e. The zero-order chi connectivity index (χ0) is 14.7. The van der Waals surface area contributed by atoms with Crippen LogP contribution in [0.1, 0.15) is 18.9 Å². The maximum absolute atomic E-state index is 12.2. The van der Waals surface area contributed by atoms with E-state index in [0.29, 0.717) is 6.54 Å². The average molecular weight is 321 g/mol. The molecule has 1 aromatic carbocycles. The van der Waals surface area contributed by atoms with E-state index in [2.05, 4.69) is 15.7 Å². The number of nitrogens with one attached hydrogen (secondary N) is 2. The van der Waals surface area contributed by atoms with Crippen molar-refractivity contribution >= 4 is 18.3 Å². The van der Waals surface area contributed by atoms with Gasteiger partial charge in [-0.3, -0.25) is 4.79 Å². The molecule has 1 aliphatic rings. The van der Waals surface area contributed by atoms with Crippen LogP contribution in [0.3, 0.4) is 0 Å². The summed E-state index contributed by atoms with van der Waals surface area (Å²) in [4.78, 5) is 12.2. The van der Waals surface area contributed by atoms with Crippen LogP contribution in [0.2, 0.25) is 0 Å². The first-order valence-corrected chi connectivity index (χ1v) is 7.25. The molecule has 2 aromatic rings. The maximum Gasteiger partial charge on any atom is 0.227 e. The fourth-order valence-corrected chi connectivity index (χ4v) is 2.58. The molecule has 22 heavy (non-hydrogen) atoms. The molecule has 1 aromatic heterocycles. The summed E-state index contributed by atoms with van der Waals surface area (Å²) in [6, 6.07) is 9.93. The van der Waals surface area contributed by atoms with Crippen molar-refractivity contribution in [3.8, 4) is 5.69 Å². The summed E-state index contributed by atoms with van der Waals surface area (Å²) < 4.78 is 1.82. The van der Waals surface area contributed by atoms with Gasteiger partial charge in [-0.2, -0.15) is 5.10 Å². The van der Waals surface area contributed by atoms with Crippen LogP contribution >= 0.6 is 12.4 Å². The van der Waals surface area contributed by atoms with E-state index in [1.807, 2.05) is 48.1 Å². The molecule has 2 N–H and O–H groups in total. The van der Waals surface area contributed by atoms with Crippen molar-refractivity contribution in [2.45, 2.75) is 19.9 Å². The first kappa shape index (κ1) is 16.5. The Morgan fingerprint density at radius 1 is 1.41 bits per heavy atom. The Kier molecular flexibility index (Phi) is 5.21. The van der Waals surface area contributed by atoms with E-state index < -0.39 is 0 Å². The second-order valence-corrected chi connectivity index (χ2v) is 5.80. The number of para-hydroxylation sites is 1. The number of hydrogen-bond acceptors (Lipinski definition) is 3. The van der Waals surface area contributed by atoms with E-state index in [9.17, 15) is 4.79 Å². The van der Waals surface area contributed by atoms with Gasteiger partial charge in [0.15, 0.2) is 0 Å². The number of aromatic nitrogens is 2. The average Bonchev–Trinajstić information content (AvgIpc) is 3.15. The fourth-order valence-electron chi connectivity index (χ4n) is 2.58. The number of amides is 1. The van der Waals surface area contributed by atoms with E-state index in [-0.39, 0.29) is 23.7 Å². The number of rotatable bonds is 4. The van der Waals surface area contributed by atoms with Gasteiger partial charge < -0.3 is 10.6 Å². The van der Waals surface area contributed by atoms with Crippen LogP contribution < -0.4 is 10.6 Å². The van der Waals surface area contributed by atoms with Crippen LogP contribution in [0.15, 0.2) is 42.7 Å². The highest BCUT2D eigenvalue weighted by Crippen LogP contribution is 2.24. The third-order valence-corrected chi connectivity index (χ3v) is 4.03. The zero-order valence-electron chi connectivity index (χ0n) is 12.6. The molecular weight excluding hydrogens is 300 g/mol. The van der Waals surface area contributed by atoms with Gasteiger partial charge in [0, 0.05) is 24.8 Å². The van der Waals surface area contributed by atoms with Crippen molar-refractivity contribution in [2.75, 3.05) is 13.1 Å². The van der Waals surface area contributed by atoms with E-state index in [1.54, 1.807) is 6.20 Å². The van der Waals surface area contributed by atoms with E-state index in [1.165, 1.54) is 0 Å². The Labute approximate surface area is 136 Å². The lowest BCUT2D eigenvalue weighted by Gasteiger charge is -2.21. The molecule has 118 valence electrons. The van der Waals surface area contributed by atoms with E-state index in [4.69, 9.17) is 0 Å². The van der Waals surface area contributed by atoms with E-state index in [0.717, 1.165) is 30.8 Å². The molecule has 3 rings (SSSR count). The predicted octanol–water partition coefficient (Wildman–Crippen LogP) is 1.91. The number of nitrogens with zero attached hydrogens (tertiary/aromatic N) is 2. The zero-order valence-corrected chi connectivity index (χ0v) is 13.4. The number of benzene rings is 1. The SMILES string of the molecule is CC1(C(=O)NCc2cnn(-c3ccccc3)c2)CCNC1.Cl. The quantitative estimate of drug-likeness (QED) is 0.904. The minimum absolute atomic E-state index is 0. The first-order valence-electron chi connectivity index (χ1n) is 7.25. The highest BCUT2D eigenvalue weighted by Gasteiger charge is 2.35. The molecule has 5 nitrogen and oxygen atoms in total. The molecule has 0 radical (unpaired) electrons. The maximum atomic E-state index is 12.2. The van der Waals surface area contributed by atoms with Gasteiger partial charge >= 0.3 is 0 Å². The van der Waals surface area contributed by atoms with Crippen LogP contribution in [0.4, 0.5) is 0 Å². The summed E-state index contributed by atoms with van der Waals surface area (Å²) >= 11 is 0. The molecule has 0 spiro atoms. The molecular formula is C16H21ClN4O. The van der Waals surface area contributed by atoms with Crippen LogP contribution in [0.5, 0.6) is 0 Å². The topological polar surface area (TPSA) is 59.0 Å². The fraction of sp³-hybridized carbons (Fsp3) is 0.375. The number of halogens is 1. The number of carbonyl (C=O) groups is 1. The predicted molar refractivity (Wildman–Crippen MR) is 88.3 cm³/mol. The smallest absolute Gasteiger partial charge is 0.227 e. The normalized spacial score (nSPS) is 20.4. The monoisotopic (exact) mass is 320 g/mol. The van der Waals surface area contributed by atoms with Crippen molar-refractivity contribution in [3.05, 3.63) is 48.3 Å². The molecule has 0 bridgehead atoms. The summed E-state index contributed by atoms with van der Waals surface area (Å²) in [7, 11) is 0. The molecule has 1 saturated heterocycles. The standard InChI is InChI=1S/C16H20N4O.ClH/c1-16(7-8-17-12-16)15(21)18-9-13-10-19-20(11-13)14-5-3-2-4-6-14;/h2-6,10-11,17H,7-9,12H2,1H3,(H,18,21);1H. The highest BCUT2D eigenvalue weighted by atomic mass is 35.5. The van der Waals surface area contributed by atoms with Gasteiger partial charge in [0.25, 0.3) is 0 Å². The first-order chi connectivity index (χ1) is 10.2. The van der Waals surface area contributed by atoms with Crippen molar-refractivity contribution in [1.82, 2.24) is 20.4 Å². The molecule has 2 heterocycles. The Balaban J connectivity index is 0.00000176. The molecule has 0 saturated carbocycles. The third-order valence-electron chi connectivity index (χ3n) is 4.03. The van der Waals surface area contributed by atoms with Crippen molar-refractivity contribution in [1.29, 1.82) is 0 Å². The summed E-state index contributed by atoms with van der Waals surface area (Å²) in [6.45, 7) is 4.19. The molecule has 6 heteroatoms. The van der Waals surface area contributed by atoms with Crippen LogP contribution in [-0.4, -0.2) is 28.8 Å². The molecule has 1 amide bonds. The van der Waals surface area contributed by atoms with Gasteiger partial charge in [-0.15, -0.1) is 12.4 Å². The number of hydrogen-bond donors (Lipinski definition) is 2. The van der Waals surface area contributed by atoms with Crippen molar-refractivity contribution in [2.24, 2.45) is 5.41 Å². The largest absolute Gasteiger partial charge is 0.351 e. The van der Waals surface area contributed by atoms with Gasteiger partial charge in [0.1, 0.15) is 0 Å². The van der Waals surface area contributed by atoms with Gasteiger partial charge in [-0.05, 0) is 32.0 Å². The van der Waals surface area contributed by atoms with Gasteiger partial charge in [0.2, 0.25) is 5.91 Å². The second-order valence-electron chi connectivity index (χ2n) is 5.80. The van der Waals surface area contributed by atoms with Crippen LogP contribution in [-0.2, 0) is 11.3 Å². The lowest BCUT2D eigenvalue weighted by molar-refractivity contribution is -0.129. The Hall–Kier alpha value is -1.85. The third kappa shape index (κ3) is 3.48. The van der Waals surface area contributed by atoms with E-state index >= 15 is 0 Å². The van der Waals surface area contributed by atoms with Crippen molar-refractivity contribution in [3.63, 3.8) is 0 Å². The summed E-state index contributed by atoms with van der Waals surface area (Å²) in [5.41, 5.74) is 1.74.